The Hall–Kier alpha value is -2.57. The highest BCUT2D eigenvalue weighted by atomic mass is 16.5. The van der Waals surface area contributed by atoms with Gasteiger partial charge in [0.15, 0.2) is 5.69 Å². The number of ether oxygens (including phenoxy) is 2. The quantitative estimate of drug-likeness (QED) is 0.830. The molecule has 0 spiro atoms. The molecule has 2 rings (SSSR count). The molecule has 0 saturated carbocycles. The topological polar surface area (TPSA) is 89.1 Å². The van der Waals surface area contributed by atoms with Gasteiger partial charge >= 0.3 is 0 Å². The average molecular weight is 262 g/mol. The molecule has 7 heteroatoms. The molecular weight excluding hydrogens is 248 g/mol. The lowest BCUT2D eigenvalue weighted by Gasteiger charge is -2.09. The summed E-state index contributed by atoms with van der Waals surface area (Å²) < 4.78 is 10.3. The van der Waals surface area contributed by atoms with E-state index in [0.717, 1.165) is 5.56 Å². The van der Waals surface area contributed by atoms with Crippen molar-refractivity contribution in [3.63, 3.8) is 0 Å². The highest BCUT2D eigenvalue weighted by Crippen LogP contribution is 2.22. The van der Waals surface area contributed by atoms with Crippen LogP contribution in [0.4, 0.5) is 0 Å². The van der Waals surface area contributed by atoms with E-state index in [0.29, 0.717) is 18.0 Å². The highest BCUT2D eigenvalue weighted by molar-refractivity contribution is 5.91. The fraction of sp³-hybridized carbons (Fsp3) is 0.250. The lowest BCUT2D eigenvalue weighted by Crippen LogP contribution is -2.23. The van der Waals surface area contributed by atoms with Crippen molar-refractivity contribution in [1.82, 2.24) is 20.7 Å². The molecule has 0 fully saturated rings. The summed E-state index contributed by atoms with van der Waals surface area (Å²) in [6, 6.07) is 5.42. The van der Waals surface area contributed by atoms with Gasteiger partial charge in [0, 0.05) is 12.6 Å². The van der Waals surface area contributed by atoms with Gasteiger partial charge < -0.3 is 14.8 Å². The van der Waals surface area contributed by atoms with Crippen LogP contribution in [0.5, 0.6) is 11.5 Å². The number of methoxy groups -OCH3 is 2. The number of H-pyrrole nitrogens is 1. The summed E-state index contributed by atoms with van der Waals surface area (Å²) in [7, 11) is 3.15. The van der Waals surface area contributed by atoms with Crippen LogP contribution < -0.4 is 14.8 Å². The third-order valence-corrected chi connectivity index (χ3v) is 2.51. The zero-order valence-corrected chi connectivity index (χ0v) is 10.6. The summed E-state index contributed by atoms with van der Waals surface area (Å²) in [5, 5.41) is 12.4. The first-order valence-electron chi connectivity index (χ1n) is 5.59. The number of hydrogen-bond acceptors (Lipinski definition) is 5. The Bertz CT molecular complexity index is 532. The molecular formula is C12H14N4O3. The van der Waals surface area contributed by atoms with Crippen LogP contribution in [0.15, 0.2) is 24.4 Å². The van der Waals surface area contributed by atoms with E-state index >= 15 is 0 Å². The molecule has 100 valence electrons. The standard InChI is InChI=1S/C12H14N4O3/c1-18-9-3-8(4-10(5-9)19-2)6-13-12(17)11-7-14-16-15-11/h3-5,7H,6H2,1-2H3,(H,13,17)(H,14,15,16). The molecule has 2 aromatic rings. The second kappa shape index (κ2) is 5.85. The number of carbonyl (C=O) groups excluding carboxylic acids is 1. The number of aromatic nitrogens is 3. The van der Waals surface area contributed by atoms with E-state index < -0.39 is 0 Å². The molecule has 2 N–H and O–H groups in total. The van der Waals surface area contributed by atoms with Gasteiger partial charge in [-0.05, 0) is 17.7 Å². The van der Waals surface area contributed by atoms with Crippen molar-refractivity contribution >= 4 is 5.91 Å². The van der Waals surface area contributed by atoms with Gasteiger partial charge in [-0.15, -0.1) is 0 Å². The van der Waals surface area contributed by atoms with Crippen LogP contribution in [0.2, 0.25) is 0 Å². The van der Waals surface area contributed by atoms with Gasteiger partial charge in [-0.25, -0.2) is 0 Å². The van der Waals surface area contributed by atoms with Crippen molar-refractivity contribution in [3.8, 4) is 11.5 Å². The van der Waals surface area contributed by atoms with E-state index in [1.165, 1.54) is 6.20 Å². The van der Waals surface area contributed by atoms with Crippen LogP contribution in [0.3, 0.4) is 0 Å². The minimum Gasteiger partial charge on any atom is -0.497 e. The summed E-state index contributed by atoms with van der Waals surface area (Å²) >= 11 is 0. The highest BCUT2D eigenvalue weighted by Gasteiger charge is 2.09. The maximum atomic E-state index is 11.7. The second-order valence-corrected chi connectivity index (χ2v) is 3.76. The molecule has 0 atom stereocenters. The van der Waals surface area contributed by atoms with E-state index in [1.54, 1.807) is 20.3 Å². The van der Waals surface area contributed by atoms with Gasteiger partial charge in [0.1, 0.15) is 11.5 Å². The minimum atomic E-state index is -0.296. The smallest absolute Gasteiger partial charge is 0.273 e. The number of hydrogen-bond donors (Lipinski definition) is 2. The van der Waals surface area contributed by atoms with Crippen LogP contribution in [0.1, 0.15) is 16.1 Å². The Morgan fingerprint density at radius 1 is 1.26 bits per heavy atom. The molecule has 0 bridgehead atoms. The number of aromatic amines is 1. The molecule has 0 radical (unpaired) electrons. The number of amides is 1. The zero-order chi connectivity index (χ0) is 13.7. The first-order valence-corrected chi connectivity index (χ1v) is 5.59. The predicted molar refractivity (Wildman–Crippen MR) is 67.1 cm³/mol. The maximum Gasteiger partial charge on any atom is 0.273 e. The van der Waals surface area contributed by atoms with Crippen molar-refractivity contribution in [3.05, 3.63) is 35.7 Å². The van der Waals surface area contributed by atoms with Crippen molar-refractivity contribution in [2.45, 2.75) is 6.54 Å². The van der Waals surface area contributed by atoms with Gasteiger partial charge in [-0.1, -0.05) is 0 Å². The first-order chi connectivity index (χ1) is 9.22. The number of nitrogens with zero attached hydrogens (tertiary/aromatic N) is 2. The fourth-order valence-electron chi connectivity index (χ4n) is 1.55. The Morgan fingerprint density at radius 2 is 1.95 bits per heavy atom. The molecule has 1 heterocycles. The van der Waals surface area contributed by atoms with E-state index in [4.69, 9.17) is 9.47 Å². The molecule has 0 aliphatic rings. The molecule has 0 saturated heterocycles. The molecule has 0 aliphatic heterocycles. The third kappa shape index (κ3) is 3.21. The van der Waals surface area contributed by atoms with Gasteiger partial charge in [-0.2, -0.15) is 15.4 Å². The molecule has 1 aromatic heterocycles. The molecule has 19 heavy (non-hydrogen) atoms. The van der Waals surface area contributed by atoms with Crippen molar-refractivity contribution in [1.29, 1.82) is 0 Å². The number of nitrogens with one attached hydrogen (secondary N) is 2. The zero-order valence-electron chi connectivity index (χ0n) is 10.6. The Labute approximate surface area is 109 Å². The third-order valence-electron chi connectivity index (χ3n) is 2.51. The molecule has 7 nitrogen and oxygen atoms in total. The largest absolute Gasteiger partial charge is 0.497 e. The SMILES string of the molecule is COc1cc(CNC(=O)c2cn[nH]n2)cc(OC)c1. The Morgan fingerprint density at radius 3 is 2.47 bits per heavy atom. The molecule has 0 unspecified atom stereocenters. The van der Waals surface area contributed by atoms with Crippen LogP contribution in [-0.4, -0.2) is 35.5 Å². The van der Waals surface area contributed by atoms with Gasteiger partial charge in [0.2, 0.25) is 0 Å². The van der Waals surface area contributed by atoms with Crippen molar-refractivity contribution < 1.29 is 14.3 Å². The second-order valence-electron chi connectivity index (χ2n) is 3.76. The molecule has 1 aromatic carbocycles. The molecule has 0 aliphatic carbocycles. The van der Waals surface area contributed by atoms with E-state index in [-0.39, 0.29) is 11.6 Å². The number of rotatable bonds is 5. The molecule has 1 amide bonds. The summed E-state index contributed by atoms with van der Waals surface area (Å²) in [5.74, 6) is 1.05. The normalized spacial score (nSPS) is 10.0. The Balaban J connectivity index is 2.04. The lowest BCUT2D eigenvalue weighted by atomic mass is 10.2. The van der Waals surface area contributed by atoms with Crippen LogP contribution in [0, 0.1) is 0 Å². The lowest BCUT2D eigenvalue weighted by molar-refractivity contribution is 0.0946. The maximum absolute atomic E-state index is 11.7. The van der Waals surface area contributed by atoms with Gasteiger partial charge in [-0.3, -0.25) is 4.79 Å². The van der Waals surface area contributed by atoms with Crippen LogP contribution in [0.25, 0.3) is 0 Å². The number of carbonyl (C=O) groups is 1. The monoisotopic (exact) mass is 262 g/mol. The summed E-state index contributed by atoms with van der Waals surface area (Å²) in [6.07, 6.45) is 1.36. The summed E-state index contributed by atoms with van der Waals surface area (Å²) in [4.78, 5) is 11.7. The minimum absolute atomic E-state index is 0.245. The van der Waals surface area contributed by atoms with Crippen molar-refractivity contribution in [2.75, 3.05) is 14.2 Å². The first kappa shape index (κ1) is 12.9. The Kier molecular flexibility index (Phi) is 3.97. The van der Waals surface area contributed by atoms with Gasteiger partial charge in [0.05, 0.1) is 20.4 Å². The summed E-state index contributed by atoms with van der Waals surface area (Å²) in [5.41, 5.74) is 1.11. The van der Waals surface area contributed by atoms with Gasteiger partial charge in [0.25, 0.3) is 5.91 Å². The van der Waals surface area contributed by atoms with Crippen LogP contribution >= 0.6 is 0 Å². The average Bonchev–Trinajstić information content (AvgIpc) is 2.98. The number of benzene rings is 1. The fourth-order valence-corrected chi connectivity index (χ4v) is 1.55. The van der Waals surface area contributed by atoms with Crippen LogP contribution in [-0.2, 0) is 6.54 Å². The van der Waals surface area contributed by atoms with Crippen molar-refractivity contribution in [2.24, 2.45) is 0 Å². The van der Waals surface area contributed by atoms with E-state index in [9.17, 15) is 4.79 Å². The predicted octanol–water partition coefficient (Wildman–Crippen LogP) is 0.752. The summed E-state index contributed by atoms with van der Waals surface area (Å²) in [6.45, 7) is 0.346. The van der Waals surface area contributed by atoms with E-state index in [1.807, 2.05) is 12.1 Å². The van der Waals surface area contributed by atoms with E-state index in [2.05, 4.69) is 20.7 Å².